The first kappa shape index (κ1) is 11.9. The van der Waals surface area contributed by atoms with Gasteiger partial charge >= 0.3 is 0 Å². The van der Waals surface area contributed by atoms with Crippen LogP contribution in [-0.4, -0.2) is 22.2 Å². The molecule has 0 saturated heterocycles. The Labute approximate surface area is 82.7 Å². The lowest BCUT2D eigenvalue weighted by Gasteiger charge is -2.02. The molecule has 0 aliphatic carbocycles. The van der Waals surface area contributed by atoms with Crippen LogP contribution in [0.25, 0.3) is 0 Å². The molecule has 1 heterocycles. The summed E-state index contributed by atoms with van der Waals surface area (Å²) >= 11 is 0. The minimum atomic E-state index is -0.0823. The standard InChI is InChI=1S/C7H12N4O.ClH/c1-11-6(3-5-9-11)10-7(12)2-4-8;/h3,5H,2,4,8H2,1H3,(H,10,12);1H. The third-order valence-corrected chi connectivity index (χ3v) is 1.46. The summed E-state index contributed by atoms with van der Waals surface area (Å²) in [6.07, 6.45) is 1.96. The molecule has 1 rings (SSSR count). The normalized spacial score (nSPS) is 9.08. The zero-order valence-corrected chi connectivity index (χ0v) is 8.17. The topological polar surface area (TPSA) is 72.9 Å². The molecule has 0 aromatic carbocycles. The van der Waals surface area contributed by atoms with E-state index in [-0.39, 0.29) is 18.3 Å². The average Bonchev–Trinajstić information content (AvgIpc) is 2.37. The van der Waals surface area contributed by atoms with E-state index in [1.54, 1.807) is 24.0 Å². The van der Waals surface area contributed by atoms with E-state index in [0.717, 1.165) is 0 Å². The maximum Gasteiger partial charge on any atom is 0.226 e. The van der Waals surface area contributed by atoms with Crippen LogP contribution in [0, 0.1) is 0 Å². The SMILES string of the molecule is Cl.Cn1nccc1NC(=O)CCN. The second-order valence-electron chi connectivity index (χ2n) is 2.43. The van der Waals surface area contributed by atoms with Gasteiger partial charge in [-0.2, -0.15) is 5.10 Å². The predicted molar refractivity (Wildman–Crippen MR) is 52.8 cm³/mol. The highest BCUT2D eigenvalue weighted by Crippen LogP contribution is 2.02. The van der Waals surface area contributed by atoms with Gasteiger partial charge in [0.2, 0.25) is 5.91 Å². The minimum Gasteiger partial charge on any atom is -0.330 e. The molecule has 0 atom stereocenters. The smallest absolute Gasteiger partial charge is 0.226 e. The van der Waals surface area contributed by atoms with Gasteiger partial charge in [0.05, 0.1) is 6.20 Å². The lowest BCUT2D eigenvalue weighted by atomic mass is 10.4. The van der Waals surface area contributed by atoms with Crippen molar-refractivity contribution in [3.63, 3.8) is 0 Å². The van der Waals surface area contributed by atoms with E-state index in [1.807, 2.05) is 0 Å². The first-order valence-corrected chi connectivity index (χ1v) is 3.72. The Balaban J connectivity index is 0.00000144. The Kier molecular flexibility index (Phi) is 5.10. The van der Waals surface area contributed by atoms with E-state index in [4.69, 9.17) is 5.73 Å². The van der Waals surface area contributed by atoms with E-state index in [1.165, 1.54) is 0 Å². The number of nitrogens with zero attached hydrogens (tertiary/aromatic N) is 2. The average molecular weight is 205 g/mol. The number of hydrogen-bond donors (Lipinski definition) is 2. The Morgan fingerprint density at radius 1 is 1.77 bits per heavy atom. The molecule has 1 amide bonds. The van der Waals surface area contributed by atoms with Crippen molar-refractivity contribution in [2.75, 3.05) is 11.9 Å². The number of aromatic nitrogens is 2. The number of anilines is 1. The highest BCUT2D eigenvalue weighted by Gasteiger charge is 2.02. The second kappa shape index (κ2) is 5.55. The number of aryl methyl sites for hydroxylation is 1. The highest BCUT2D eigenvalue weighted by atomic mass is 35.5. The maximum atomic E-state index is 11.0. The first-order valence-electron chi connectivity index (χ1n) is 3.72. The molecule has 0 unspecified atom stereocenters. The van der Waals surface area contributed by atoms with E-state index >= 15 is 0 Å². The van der Waals surface area contributed by atoms with Crippen molar-refractivity contribution < 1.29 is 4.79 Å². The molecule has 0 radical (unpaired) electrons. The second-order valence-corrected chi connectivity index (χ2v) is 2.43. The zero-order valence-electron chi connectivity index (χ0n) is 7.36. The lowest BCUT2D eigenvalue weighted by Crippen LogP contribution is -2.17. The van der Waals surface area contributed by atoms with Crippen LogP contribution in [0.1, 0.15) is 6.42 Å². The third kappa shape index (κ3) is 3.43. The van der Waals surface area contributed by atoms with Crippen LogP contribution in [0.4, 0.5) is 5.82 Å². The van der Waals surface area contributed by atoms with Gasteiger partial charge in [-0.05, 0) is 0 Å². The quantitative estimate of drug-likeness (QED) is 0.735. The van der Waals surface area contributed by atoms with Crippen molar-refractivity contribution in [2.24, 2.45) is 12.8 Å². The number of rotatable bonds is 3. The van der Waals surface area contributed by atoms with Gasteiger partial charge in [0.25, 0.3) is 0 Å². The van der Waals surface area contributed by atoms with Gasteiger partial charge in [-0.25, -0.2) is 0 Å². The summed E-state index contributed by atoms with van der Waals surface area (Å²) < 4.78 is 1.59. The molecule has 1 aromatic heterocycles. The van der Waals surface area contributed by atoms with Crippen molar-refractivity contribution in [3.05, 3.63) is 12.3 Å². The molecular formula is C7H13ClN4O. The van der Waals surface area contributed by atoms with Crippen molar-refractivity contribution in [3.8, 4) is 0 Å². The highest BCUT2D eigenvalue weighted by molar-refractivity contribution is 5.89. The summed E-state index contributed by atoms with van der Waals surface area (Å²) in [5.74, 6) is 0.606. The van der Waals surface area contributed by atoms with Crippen LogP contribution in [0.2, 0.25) is 0 Å². The molecule has 0 aliphatic rings. The molecule has 1 aromatic rings. The zero-order chi connectivity index (χ0) is 8.97. The molecule has 6 heteroatoms. The van der Waals surface area contributed by atoms with Gasteiger partial charge in [0.15, 0.2) is 0 Å². The summed E-state index contributed by atoms with van der Waals surface area (Å²) in [5, 5.41) is 6.57. The molecule has 13 heavy (non-hydrogen) atoms. The number of hydrogen-bond acceptors (Lipinski definition) is 3. The van der Waals surface area contributed by atoms with Gasteiger partial charge in [-0.15, -0.1) is 12.4 Å². The van der Waals surface area contributed by atoms with Gasteiger partial charge < -0.3 is 11.1 Å². The van der Waals surface area contributed by atoms with E-state index < -0.39 is 0 Å². The Morgan fingerprint density at radius 2 is 2.46 bits per heavy atom. The monoisotopic (exact) mass is 204 g/mol. The van der Waals surface area contributed by atoms with Crippen molar-refractivity contribution >= 4 is 24.1 Å². The van der Waals surface area contributed by atoms with Crippen molar-refractivity contribution in [2.45, 2.75) is 6.42 Å². The number of nitrogens with two attached hydrogens (primary N) is 1. The summed E-state index contributed by atoms with van der Waals surface area (Å²) in [4.78, 5) is 11.0. The Morgan fingerprint density at radius 3 is 2.92 bits per heavy atom. The molecule has 0 spiro atoms. The molecule has 0 saturated carbocycles. The van der Waals surface area contributed by atoms with Gasteiger partial charge in [-0.1, -0.05) is 0 Å². The third-order valence-electron chi connectivity index (χ3n) is 1.46. The largest absolute Gasteiger partial charge is 0.330 e. The summed E-state index contributed by atoms with van der Waals surface area (Å²) in [6, 6.07) is 1.73. The summed E-state index contributed by atoms with van der Waals surface area (Å²) in [7, 11) is 1.76. The molecule has 5 nitrogen and oxygen atoms in total. The van der Waals surface area contributed by atoms with E-state index in [9.17, 15) is 4.79 Å². The number of carbonyl (C=O) groups is 1. The number of carbonyl (C=O) groups excluding carboxylic acids is 1. The van der Waals surface area contributed by atoms with Gasteiger partial charge in [-0.3, -0.25) is 9.48 Å². The molecule has 0 bridgehead atoms. The van der Waals surface area contributed by atoms with Crippen LogP contribution in [0.15, 0.2) is 12.3 Å². The molecule has 0 fully saturated rings. The fourth-order valence-electron chi connectivity index (χ4n) is 0.833. The molecular weight excluding hydrogens is 192 g/mol. The Hall–Kier alpha value is -1.07. The molecule has 3 N–H and O–H groups in total. The van der Waals surface area contributed by atoms with Gasteiger partial charge in [0, 0.05) is 26.1 Å². The lowest BCUT2D eigenvalue weighted by molar-refractivity contribution is -0.116. The van der Waals surface area contributed by atoms with Crippen molar-refractivity contribution in [1.29, 1.82) is 0 Å². The van der Waals surface area contributed by atoms with Crippen LogP contribution in [-0.2, 0) is 11.8 Å². The Bertz CT molecular complexity index is 273. The maximum absolute atomic E-state index is 11.0. The minimum absolute atomic E-state index is 0. The summed E-state index contributed by atoms with van der Waals surface area (Å²) in [5.41, 5.74) is 5.21. The molecule has 74 valence electrons. The number of amides is 1. The summed E-state index contributed by atoms with van der Waals surface area (Å²) in [6.45, 7) is 0.365. The predicted octanol–water partition coefficient (Wildman–Crippen LogP) is 0.129. The van der Waals surface area contributed by atoms with E-state index in [2.05, 4.69) is 10.4 Å². The number of nitrogens with one attached hydrogen (secondary N) is 1. The first-order chi connectivity index (χ1) is 5.74. The fourth-order valence-corrected chi connectivity index (χ4v) is 0.833. The fraction of sp³-hybridized carbons (Fsp3) is 0.429. The van der Waals surface area contributed by atoms with Crippen LogP contribution in [0.5, 0.6) is 0 Å². The van der Waals surface area contributed by atoms with Crippen molar-refractivity contribution in [1.82, 2.24) is 9.78 Å². The number of halogens is 1. The van der Waals surface area contributed by atoms with Crippen LogP contribution >= 0.6 is 12.4 Å². The molecule has 0 aliphatic heterocycles. The van der Waals surface area contributed by atoms with Crippen LogP contribution < -0.4 is 11.1 Å². The van der Waals surface area contributed by atoms with Crippen LogP contribution in [0.3, 0.4) is 0 Å². The van der Waals surface area contributed by atoms with E-state index in [0.29, 0.717) is 18.8 Å². The van der Waals surface area contributed by atoms with Gasteiger partial charge in [0.1, 0.15) is 5.82 Å².